The van der Waals surface area contributed by atoms with Crippen molar-refractivity contribution in [1.29, 1.82) is 0 Å². The van der Waals surface area contributed by atoms with Gasteiger partial charge in [0.25, 0.3) is 5.91 Å². The topological polar surface area (TPSA) is 59.2 Å². The highest BCUT2D eigenvalue weighted by Gasteiger charge is 2.19. The van der Waals surface area contributed by atoms with Crippen LogP contribution in [-0.2, 0) is 6.54 Å². The second-order valence-electron chi connectivity index (χ2n) is 4.86. The van der Waals surface area contributed by atoms with E-state index in [4.69, 9.17) is 5.73 Å². The van der Waals surface area contributed by atoms with Crippen LogP contribution in [0, 0.1) is 0 Å². The third-order valence-electron chi connectivity index (χ3n) is 3.34. The molecule has 0 unspecified atom stereocenters. The average Bonchev–Trinajstić information content (AvgIpc) is 2.85. The molecule has 0 saturated heterocycles. The van der Waals surface area contributed by atoms with E-state index in [0.29, 0.717) is 17.1 Å². The largest absolute Gasteiger partial charge is 0.397 e. The first kappa shape index (κ1) is 13.6. The molecule has 5 heteroatoms. The van der Waals surface area contributed by atoms with Crippen molar-refractivity contribution >= 4 is 33.0 Å². The van der Waals surface area contributed by atoms with Crippen molar-refractivity contribution in [3.8, 4) is 0 Å². The molecule has 21 heavy (non-hydrogen) atoms. The van der Waals surface area contributed by atoms with Crippen LogP contribution in [0.2, 0.25) is 0 Å². The molecule has 1 amide bonds. The van der Waals surface area contributed by atoms with Crippen molar-refractivity contribution in [2.45, 2.75) is 6.54 Å². The maximum atomic E-state index is 12.6. The minimum atomic E-state index is -0.0505. The number of hydrogen-bond acceptors (Lipinski definition) is 4. The van der Waals surface area contributed by atoms with Crippen LogP contribution in [0.1, 0.15) is 15.2 Å². The van der Waals surface area contributed by atoms with E-state index in [2.05, 4.69) is 4.98 Å². The van der Waals surface area contributed by atoms with Crippen LogP contribution in [0.3, 0.4) is 0 Å². The molecule has 0 aliphatic carbocycles. The summed E-state index contributed by atoms with van der Waals surface area (Å²) in [6.07, 6.45) is 3.45. The Morgan fingerprint density at radius 2 is 1.95 bits per heavy atom. The molecule has 1 aromatic carbocycles. The lowest BCUT2D eigenvalue weighted by molar-refractivity contribution is 0.0791. The first-order valence-electron chi connectivity index (χ1n) is 6.58. The van der Waals surface area contributed by atoms with Crippen LogP contribution in [0.4, 0.5) is 5.69 Å². The van der Waals surface area contributed by atoms with Gasteiger partial charge in [-0.1, -0.05) is 18.2 Å². The van der Waals surface area contributed by atoms with Crippen LogP contribution >= 0.6 is 11.3 Å². The molecule has 4 nitrogen and oxygen atoms in total. The Morgan fingerprint density at radius 1 is 1.24 bits per heavy atom. The Hall–Kier alpha value is -2.40. The number of hydrogen-bond donors (Lipinski definition) is 1. The normalized spacial score (nSPS) is 10.7. The predicted octanol–water partition coefficient (Wildman–Crippen LogP) is 3.15. The van der Waals surface area contributed by atoms with Crippen LogP contribution in [0.5, 0.6) is 0 Å². The summed E-state index contributed by atoms with van der Waals surface area (Å²) in [7, 11) is 1.78. The molecule has 2 heterocycles. The third kappa shape index (κ3) is 2.60. The van der Waals surface area contributed by atoms with Gasteiger partial charge in [-0.2, -0.15) is 0 Å². The molecule has 0 fully saturated rings. The first-order valence-corrected chi connectivity index (χ1v) is 7.40. The van der Waals surface area contributed by atoms with E-state index in [1.165, 1.54) is 11.3 Å². The number of carbonyl (C=O) groups is 1. The number of pyridine rings is 1. The summed E-state index contributed by atoms with van der Waals surface area (Å²) in [4.78, 5) is 18.8. The van der Waals surface area contributed by atoms with Gasteiger partial charge in [0, 0.05) is 36.1 Å². The summed E-state index contributed by atoms with van der Waals surface area (Å²) in [6, 6.07) is 11.6. The molecule has 0 aliphatic heterocycles. The Morgan fingerprint density at radius 3 is 2.67 bits per heavy atom. The zero-order valence-corrected chi connectivity index (χ0v) is 12.4. The minimum absolute atomic E-state index is 0.0505. The van der Waals surface area contributed by atoms with Gasteiger partial charge in [0.05, 0.1) is 5.69 Å². The lowest BCUT2D eigenvalue weighted by atomic mass is 10.2. The highest BCUT2D eigenvalue weighted by Crippen LogP contribution is 2.34. The molecule has 0 radical (unpaired) electrons. The molecular weight excluding hydrogens is 282 g/mol. The number of thiophene rings is 1. The van der Waals surface area contributed by atoms with Crippen molar-refractivity contribution in [2.24, 2.45) is 0 Å². The van der Waals surface area contributed by atoms with E-state index in [1.807, 2.05) is 36.4 Å². The summed E-state index contributed by atoms with van der Waals surface area (Å²) < 4.78 is 1.04. The third-order valence-corrected chi connectivity index (χ3v) is 4.52. The fourth-order valence-corrected chi connectivity index (χ4v) is 3.35. The number of aromatic nitrogens is 1. The molecule has 2 aromatic heterocycles. The average molecular weight is 297 g/mol. The number of nitrogen functional groups attached to an aromatic ring is 1. The Bertz CT molecular complexity index is 783. The SMILES string of the molecule is CN(Cc1ccncc1)C(=O)c1sc2ccccc2c1N. The van der Waals surface area contributed by atoms with E-state index < -0.39 is 0 Å². The van der Waals surface area contributed by atoms with Crippen LogP contribution in [-0.4, -0.2) is 22.8 Å². The summed E-state index contributed by atoms with van der Waals surface area (Å²) in [5.41, 5.74) is 7.74. The van der Waals surface area contributed by atoms with Gasteiger partial charge in [-0.25, -0.2) is 0 Å². The smallest absolute Gasteiger partial charge is 0.266 e. The first-order chi connectivity index (χ1) is 10.2. The molecule has 106 valence electrons. The van der Waals surface area contributed by atoms with E-state index >= 15 is 0 Å². The number of nitrogens with two attached hydrogens (primary N) is 1. The van der Waals surface area contributed by atoms with Crippen molar-refractivity contribution in [3.63, 3.8) is 0 Å². The number of nitrogens with zero attached hydrogens (tertiary/aromatic N) is 2. The lowest BCUT2D eigenvalue weighted by Crippen LogP contribution is -2.26. The number of anilines is 1. The van der Waals surface area contributed by atoms with Crippen LogP contribution in [0.15, 0.2) is 48.8 Å². The van der Waals surface area contributed by atoms with E-state index in [-0.39, 0.29) is 5.91 Å². The fraction of sp³-hybridized carbons (Fsp3) is 0.125. The minimum Gasteiger partial charge on any atom is -0.397 e. The Balaban J connectivity index is 1.88. The van der Waals surface area contributed by atoms with Gasteiger partial charge in [0.15, 0.2) is 0 Å². The summed E-state index contributed by atoms with van der Waals surface area (Å²) in [5, 5.41) is 0.947. The Kier molecular flexibility index (Phi) is 3.58. The van der Waals surface area contributed by atoms with Gasteiger partial charge in [-0.15, -0.1) is 11.3 Å². The zero-order valence-electron chi connectivity index (χ0n) is 11.6. The fourth-order valence-electron chi connectivity index (χ4n) is 2.23. The van der Waals surface area contributed by atoms with Gasteiger partial charge >= 0.3 is 0 Å². The van der Waals surface area contributed by atoms with E-state index in [1.54, 1.807) is 24.3 Å². The van der Waals surface area contributed by atoms with Gasteiger partial charge in [0.1, 0.15) is 4.88 Å². The molecule has 0 atom stereocenters. The standard InChI is InChI=1S/C16H15N3OS/c1-19(10-11-6-8-18-9-7-11)16(20)15-14(17)12-4-2-3-5-13(12)21-15/h2-9H,10,17H2,1H3. The second kappa shape index (κ2) is 5.54. The number of benzene rings is 1. The number of carbonyl (C=O) groups excluding carboxylic acids is 1. The number of amides is 1. The molecule has 0 spiro atoms. The molecule has 2 N–H and O–H groups in total. The van der Waals surface area contributed by atoms with Crippen LogP contribution in [0.25, 0.3) is 10.1 Å². The molecule has 3 aromatic rings. The monoisotopic (exact) mass is 297 g/mol. The second-order valence-corrected chi connectivity index (χ2v) is 5.91. The highest BCUT2D eigenvalue weighted by molar-refractivity contribution is 7.21. The summed E-state index contributed by atoms with van der Waals surface area (Å²) in [6.45, 7) is 0.537. The van der Waals surface area contributed by atoms with Crippen LogP contribution < -0.4 is 5.73 Å². The summed E-state index contributed by atoms with van der Waals surface area (Å²) >= 11 is 1.44. The lowest BCUT2D eigenvalue weighted by Gasteiger charge is -2.16. The quantitative estimate of drug-likeness (QED) is 0.808. The van der Waals surface area contributed by atoms with Crippen molar-refractivity contribution in [1.82, 2.24) is 9.88 Å². The van der Waals surface area contributed by atoms with Gasteiger partial charge in [-0.05, 0) is 23.8 Å². The number of rotatable bonds is 3. The van der Waals surface area contributed by atoms with Crippen molar-refractivity contribution < 1.29 is 4.79 Å². The maximum absolute atomic E-state index is 12.6. The Labute approximate surface area is 126 Å². The number of fused-ring (bicyclic) bond motifs is 1. The van der Waals surface area contributed by atoms with Crippen molar-refractivity contribution in [2.75, 3.05) is 12.8 Å². The zero-order chi connectivity index (χ0) is 14.8. The van der Waals surface area contributed by atoms with E-state index in [9.17, 15) is 4.79 Å². The molecule has 0 aliphatic rings. The van der Waals surface area contributed by atoms with Gasteiger partial charge in [-0.3, -0.25) is 9.78 Å². The maximum Gasteiger partial charge on any atom is 0.266 e. The summed E-state index contributed by atoms with van der Waals surface area (Å²) in [5.74, 6) is -0.0505. The highest BCUT2D eigenvalue weighted by atomic mass is 32.1. The predicted molar refractivity (Wildman–Crippen MR) is 86.3 cm³/mol. The van der Waals surface area contributed by atoms with Crippen molar-refractivity contribution in [3.05, 3.63) is 59.2 Å². The van der Waals surface area contributed by atoms with E-state index in [0.717, 1.165) is 15.6 Å². The molecular formula is C16H15N3OS. The molecule has 3 rings (SSSR count). The molecule has 0 bridgehead atoms. The molecule has 0 saturated carbocycles. The van der Waals surface area contributed by atoms with Gasteiger partial charge in [0.2, 0.25) is 0 Å². The van der Waals surface area contributed by atoms with Gasteiger partial charge < -0.3 is 10.6 Å².